The SMILES string of the molecule is CC(C)C(CCO)Nc1nccc2ccccc12. The van der Waals surface area contributed by atoms with Gasteiger partial charge in [0.05, 0.1) is 0 Å². The zero-order chi connectivity index (χ0) is 13.0. The predicted octanol–water partition coefficient (Wildman–Crippen LogP) is 3.05. The van der Waals surface area contributed by atoms with Gasteiger partial charge < -0.3 is 10.4 Å². The second kappa shape index (κ2) is 5.83. The van der Waals surface area contributed by atoms with Crippen LogP contribution in [-0.2, 0) is 0 Å². The first-order valence-corrected chi connectivity index (χ1v) is 6.43. The number of nitrogens with one attached hydrogen (secondary N) is 1. The summed E-state index contributed by atoms with van der Waals surface area (Å²) in [6.45, 7) is 4.50. The maximum atomic E-state index is 9.12. The second-order valence-electron chi connectivity index (χ2n) is 4.89. The molecule has 0 spiro atoms. The lowest BCUT2D eigenvalue weighted by Crippen LogP contribution is -2.27. The molecule has 0 radical (unpaired) electrons. The van der Waals surface area contributed by atoms with Crippen LogP contribution < -0.4 is 5.32 Å². The molecule has 0 aliphatic carbocycles. The topological polar surface area (TPSA) is 45.1 Å². The van der Waals surface area contributed by atoms with Gasteiger partial charge >= 0.3 is 0 Å². The van der Waals surface area contributed by atoms with Gasteiger partial charge in [-0.15, -0.1) is 0 Å². The van der Waals surface area contributed by atoms with Crippen LogP contribution in [0.15, 0.2) is 36.5 Å². The molecule has 2 rings (SSSR count). The molecule has 0 amide bonds. The van der Waals surface area contributed by atoms with Crippen molar-refractivity contribution in [1.82, 2.24) is 4.98 Å². The summed E-state index contributed by atoms with van der Waals surface area (Å²) in [6.07, 6.45) is 2.56. The lowest BCUT2D eigenvalue weighted by Gasteiger charge is -2.22. The number of rotatable bonds is 5. The first-order valence-electron chi connectivity index (χ1n) is 6.43. The molecular formula is C15H20N2O. The number of benzene rings is 1. The van der Waals surface area contributed by atoms with Crippen LogP contribution in [-0.4, -0.2) is 22.7 Å². The highest BCUT2D eigenvalue weighted by atomic mass is 16.3. The van der Waals surface area contributed by atoms with Crippen LogP contribution in [0.5, 0.6) is 0 Å². The summed E-state index contributed by atoms with van der Waals surface area (Å²) in [5, 5.41) is 14.9. The molecule has 96 valence electrons. The minimum absolute atomic E-state index is 0.195. The van der Waals surface area contributed by atoms with Gasteiger partial charge in [-0.3, -0.25) is 0 Å². The van der Waals surface area contributed by atoms with E-state index in [-0.39, 0.29) is 12.6 Å². The van der Waals surface area contributed by atoms with Crippen molar-refractivity contribution >= 4 is 16.6 Å². The standard InChI is InChI=1S/C15H20N2O/c1-11(2)14(8-10-18)17-15-13-6-4-3-5-12(13)7-9-16-15/h3-7,9,11,14,18H,8,10H2,1-2H3,(H,16,17). The lowest BCUT2D eigenvalue weighted by molar-refractivity contribution is 0.267. The molecule has 0 saturated carbocycles. The fraction of sp³-hybridized carbons (Fsp3) is 0.400. The van der Waals surface area contributed by atoms with E-state index >= 15 is 0 Å². The third-order valence-corrected chi connectivity index (χ3v) is 3.24. The van der Waals surface area contributed by atoms with Crippen molar-refractivity contribution in [2.45, 2.75) is 26.3 Å². The molecule has 3 heteroatoms. The first kappa shape index (κ1) is 12.8. The Labute approximate surface area is 108 Å². The normalized spacial score (nSPS) is 12.9. The molecule has 0 saturated heterocycles. The van der Waals surface area contributed by atoms with Crippen LogP contribution in [0.3, 0.4) is 0 Å². The van der Waals surface area contributed by atoms with Gasteiger partial charge in [-0.1, -0.05) is 38.1 Å². The highest BCUT2D eigenvalue weighted by molar-refractivity contribution is 5.91. The molecule has 0 aliphatic rings. The van der Waals surface area contributed by atoms with Gasteiger partial charge in [-0.2, -0.15) is 0 Å². The first-order chi connectivity index (χ1) is 8.72. The number of aromatic nitrogens is 1. The highest BCUT2D eigenvalue weighted by Gasteiger charge is 2.14. The molecular weight excluding hydrogens is 224 g/mol. The zero-order valence-electron chi connectivity index (χ0n) is 10.9. The van der Waals surface area contributed by atoms with Gasteiger partial charge in [0.1, 0.15) is 5.82 Å². The maximum Gasteiger partial charge on any atom is 0.134 e. The Morgan fingerprint density at radius 3 is 2.72 bits per heavy atom. The van der Waals surface area contributed by atoms with Gasteiger partial charge in [-0.05, 0) is 23.8 Å². The zero-order valence-corrected chi connectivity index (χ0v) is 10.9. The summed E-state index contributed by atoms with van der Waals surface area (Å²) < 4.78 is 0. The van der Waals surface area contributed by atoms with Crippen molar-refractivity contribution in [3.63, 3.8) is 0 Å². The van der Waals surface area contributed by atoms with Crippen molar-refractivity contribution in [1.29, 1.82) is 0 Å². The Kier molecular flexibility index (Phi) is 4.15. The van der Waals surface area contributed by atoms with Crippen molar-refractivity contribution in [2.24, 2.45) is 5.92 Å². The van der Waals surface area contributed by atoms with Crippen LogP contribution in [0, 0.1) is 5.92 Å². The summed E-state index contributed by atoms with van der Waals surface area (Å²) in [6, 6.07) is 10.5. The molecule has 2 aromatic rings. The van der Waals surface area contributed by atoms with Gasteiger partial charge in [0.25, 0.3) is 0 Å². The average molecular weight is 244 g/mol. The Balaban J connectivity index is 2.30. The van der Waals surface area contributed by atoms with E-state index in [4.69, 9.17) is 5.11 Å². The third kappa shape index (κ3) is 2.79. The number of aliphatic hydroxyl groups is 1. The number of aliphatic hydroxyl groups excluding tert-OH is 1. The van der Waals surface area contributed by atoms with E-state index in [0.29, 0.717) is 5.92 Å². The second-order valence-corrected chi connectivity index (χ2v) is 4.89. The summed E-state index contributed by atoms with van der Waals surface area (Å²) in [5.41, 5.74) is 0. The fourth-order valence-corrected chi connectivity index (χ4v) is 2.12. The van der Waals surface area contributed by atoms with E-state index < -0.39 is 0 Å². The van der Waals surface area contributed by atoms with Gasteiger partial charge in [0, 0.05) is 24.2 Å². The summed E-state index contributed by atoms with van der Waals surface area (Å²) in [5.74, 6) is 1.36. The largest absolute Gasteiger partial charge is 0.396 e. The Hall–Kier alpha value is -1.61. The number of hydrogen-bond donors (Lipinski definition) is 2. The summed E-state index contributed by atoms with van der Waals surface area (Å²) in [4.78, 5) is 4.42. The van der Waals surface area contributed by atoms with Gasteiger partial charge in [0.15, 0.2) is 0 Å². The molecule has 1 heterocycles. The Morgan fingerprint density at radius 2 is 2.00 bits per heavy atom. The van der Waals surface area contributed by atoms with Crippen molar-refractivity contribution in [2.75, 3.05) is 11.9 Å². The van der Waals surface area contributed by atoms with E-state index in [2.05, 4.69) is 36.3 Å². The number of nitrogens with zero attached hydrogens (tertiary/aromatic N) is 1. The molecule has 1 unspecified atom stereocenters. The van der Waals surface area contributed by atoms with Gasteiger partial charge in [-0.25, -0.2) is 4.98 Å². The minimum atomic E-state index is 0.195. The van der Waals surface area contributed by atoms with Crippen molar-refractivity contribution < 1.29 is 5.11 Å². The van der Waals surface area contributed by atoms with Crippen LogP contribution in [0.4, 0.5) is 5.82 Å². The molecule has 1 atom stereocenters. The number of anilines is 1. The smallest absolute Gasteiger partial charge is 0.134 e. The Morgan fingerprint density at radius 1 is 1.22 bits per heavy atom. The average Bonchev–Trinajstić information content (AvgIpc) is 2.38. The number of fused-ring (bicyclic) bond motifs is 1. The molecule has 0 aliphatic heterocycles. The monoisotopic (exact) mass is 244 g/mol. The molecule has 2 N–H and O–H groups in total. The Bertz CT molecular complexity index is 505. The molecule has 1 aromatic heterocycles. The number of hydrogen-bond acceptors (Lipinski definition) is 3. The van der Waals surface area contributed by atoms with Crippen molar-refractivity contribution in [3.05, 3.63) is 36.5 Å². The van der Waals surface area contributed by atoms with E-state index in [0.717, 1.165) is 17.6 Å². The van der Waals surface area contributed by atoms with Crippen molar-refractivity contribution in [3.8, 4) is 0 Å². The van der Waals surface area contributed by atoms with E-state index in [1.807, 2.05) is 24.4 Å². The van der Waals surface area contributed by atoms with E-state index in [1.165, 1.54) is 5.39 Å². The van der Waals surface area contributed by atoms with Crippen LogP contribution in [0.25, 0.3) is 10.8 Å². The minimum Gasteiger partial charge on any atom is -0.396 e. The fourth-order valence-electron chi connectivity index (χ4n) is 2.12. The summed E-state index contributed by atoms with van der Waals surface area (Å²) in [7, 11) is 0. The molecule has 18 heavy (non-hydrogen) atoms. The molecule has 1 aromatic carbocycles. The quantitative estimate of drug-likeness (QED) is 0.849. The third-order valence-electron chi connectivity index (χ3n) is 3.24. The van der Waals surface area contributed by atoms with Crippen LogP contribution >= 0.6 is 0 Å². The molecule has 0 fully saturated rings. The van der Waals surface area contributed by atoms with E-state index in [1.54, 1.807) is 0 Å². The predicted molar refractivity (Wildman–Crippen MR) is 75.7 cm³/mol. The maximum absolute atomic E-state index is 9.12. The van der Waals surface area contributed by atoms with Crippen LogP contribution in [0.2, 0.25) is 0 Å². The molecule has 3 nitrogen and oxygen atoms in total. The number of pyridine rings is 1. The van der Waals surface area contributed by atoms with E-state index in [9.17, 15) is 0 Å². The molecule has 0 bridgehead atoms. The highest BCUT2D eigenvalue weighted by Crippen LogP contribution is 2.22. The van der Waals surface area contributed by atoms with Gasteiger partial charge in [0.2, 0.25) is 0 Å². The summed E-state index contributed by atoms with van der Waals surface area (Å²) >= 11 is 0. The van der Waals surface area contributed by atoms with Crippen LogP contribution in [0.1, 0.15) is 20.3 Å². The lowest BCUT2D eigenvalue weighted by atomic mass is 10.0.